The molecule has 0 aliphatic carbocycles. The maximum atomic E-state index is 13.6. The SMILES string of the molecule is COC[C@H]1Cc2c(C3=C(Br)C(=O)N(Cc4cc(C(F)(F)F)cc(C(F)(F)F)c4)C3=O)c3ccccc3n2C1. The van der Waals surface area contributed by atoms with Crippen LogP contribution in [0.2, 0.25) is 0 Å². The first-order chi connectivity index (χ1) is 17.8. The predicted octanol–water partition coefficient (Wildman–Crippen LogP) is 6.17. The van der Waals surface area contributed by atoms with Crippen molar-refractivity contribution in [3.8, 4) is 0 Å². The van der Waals surface area contributed by atoms with Gasteiger partial charge < -0.3 is 9.30 Å². The van der Waals surface area contributed by atoms with Gasteiger partial charge in [0.2, 0.25) is 0 Å². The van der Waals surface area contributed by atoms with Crippen LogP contribution in [0.25, 0.3) is 16.5 Å². The maximum absolute atomic E-state index is 13.6. The second-order valence-electron chi connectivity index (χ2n) is 9.27. The summed E-state index contributed by atoms with van der Waals surface area (Å²) in [6, 6.07) is 8.34. The molecule has 2 amide bonds. The molecule has 0 saturated heterocycles. The Kier molecular flexibility index (Phi) is 6.46. The number of methoxy groups -OCH3 is 1. The van der Waals surface area contributed by atoms with E-state index in [2.05, 4.69) is 15.9 Å². The van der Waals surface area contributed by atoms with E-state index in [-0.39, 0.29) is 22.0 Å². The topological polar surface area (TPSA) is 51.5 Å². The molecule has 3 aromatic rings. The molecule has 2 aliphatic rings. The van der Waals surface area contributed by atoms with Gasteiger partial charge in [0, 0.05) is 41.7 Å². The monoisotopic (exact) mass is 600 g/mol. The van der Waals surface area contributed by atoms with Crippen molar-refractivity contribution >= 4 is 44.2 Å². The van der Waals surface area contributed by atoms with Crippen LogP contribution in [-0.2, 0) is 46.2 Å². The maximum Gasteiger partial charge on any atom is 0.416 e. The standard InChI is InChI=1S/C26H19BrF6N2O3/c1-38-12-14-8-19-20(17-4-2-3-5-18(17)34(19)11-14)21-22(27)24(37)35(23(21)36)10-13-6-15(25(28,29)30)9-16(7-13)26(31,32)33/h2-7,9,14H,8,10-12H2,1H3/t14-/m0/s1. The first-order valence-electron chi connectivity index (χ1n) is 11.4. The summed E-state index contributed by atoms with van der Waals surface area (Å²) in [7, 11) is 1.58. The fourth-order valence-corrected chi connectivity index (χ4v) is 5.78. The lowest BCUT2D eigenvalue weighted by atomic mass is 9.97. The zero-order valence-corrected chi connectivity index (χ0v) is 21.3. The molecule has 0 N–H and O–H groups in total. The number of imide groups is 1. The van der Waals surface area contributed by atoms with Crippen LogP contribution in [-0.4, -0.2) is 35.0 Å². The van der Waals surface area contributed by atoms with Crippen molar-refractivity contribution in [1.82, 2.24) is 9.47 Å². The predicted molar refractivity (Wildman–Crippen MR) is 129 cm³/mol. The summed E-state index contributed by atoms with van der Waals surface area (Å²) in [5.41, 5.74) is -1.31. The van der Waals surface area contributed by atoms with Gasteiger partial charge in [0.15, 0.2) is 0 Å². The Labute approximate surface area is 220 Å². The molecule has 3 heterocycles. The summed E-state index contributed by atoms with van der Waals surface area (Å²) in [6.07, 6.45) is -9.54. The van der Waals surface area contributed by atoms with Crippen molar-refractivity contribution in [1.29, 1.82) is 0 Å². The fourth-order valence-electron chi connectivity index (χ4n) is 5.20. The van der Waals surface area contributed by atoms with Crippen molar-refractivity contribution in [2.24, 2.45) is 5.92 Å². The molecule has 0 fully saturated rings. The minimum absolute atomic E-state index is 0.00376. The Morgan fingerprint density at radius 3 is 2.21 bits per heavy atom. The van der Waals surface area contributed by atoms with Gasteiger partial charge in [-0.15, -0.1) is 0 Å². The van der Waals surface area contributed by atoms with E-state index in [0.29, 0.717) is 47.6 Å². The molecular weight excluding hydrogens is 582 g/mol. The molecule has 1 aromatic heterocycles. The average molecular weight is 601 g/mol. The largest absolute Gasteiger partial charge is 0.416 e. The van der Waals surface area contributed by atoms with E-state index >= 15 is 0 Å². The van der Waals surface area contributed by atoms with Gasteiger partial charge in [0.05, 0.1) is 34.3 Å². The van der Waals surface area contributed by atoms with Gasteiger partial charge in [-0.25, -0.2) is 0 Å². The molecule has 12 heteroatoms. The second-order valence-corrected chi connectivity index (χ2v) is 10.1. The molecule has 1 atom stereocenters. The van der Waals surface area contributed by atoms with Crippen LogP contribution in [0.1, 0.15) is 27.9 Å². The highest BCUT2D eigenvalue weighted by Gasteiger charge is 2.43. The molecule has 5 rings (SSSR count). The third-order valence-electron chi connectivity index (χ3n) is 6.75. The van der Waals surface area contributed by atoms with Crippen LogP contribution in [0, 0.1) is 5.92 Å². The van der Waals surface area contributed by atoms with Gasteiger partial charge in [-0.1, -0.05) is 18.2 Å². The van der Waals surface area contributed by atoms with Crippen molar-refractivity contribution < 1.29 is 40.7 Å². The molecule has 0 saturated carbocycles. The zero-order valence-electron chi connectivity index (χ0n) is 19.7. The molecule has 5 nitrogen and oxygen atoms in total. The lowest BCUT2D eigenvalue weighted by Crippen LogP contribution is -2.31. The van der Waals surface area contributed by atoms with Crippen LogP contribution in [0.15, 0.2) is 46.9 Å². The Bertz CT molecular complexity index is 1470. The Morgan fingerprint density at radius 1 is 0.974 bits per heavy atom. The van der Waals surface area contributed by atoms with Crippen LogP contribution in [0.3, 0.4) is 0 Å². The summed E-state index contributed by atoms with van der Waals surface area (Å²) < 4.78 is 87.2. The lowest BCUT2D eigenvalue weighted by Gasteiger charge is -2.18. The van der Waals surface area contributed by atoms with E-state index in [4.69, 9.17) is 4.74 Å². The number of aromatic nitrogens is 1. The van der Waals surface area contributed by atoms with Crippen molar-refractivity contribution in [3.63, 3.8) is 0 Å². The summed E-state index contributed by atoms with van der Waals surface area (Å²) in [5, 5.41) is 0.715. The molecule has 0 unspecified atom stereocenters. The first kappa shape index (κ1) is 26.5. The van der Waals surface area contributed by atoms with Crippen molar-refractivity contribution in [3.05, 3.63) is 74.9 Å². The molecule has 38 heavy (non-hydrogen) atoms. The number of rotatable bonds is 5. The van der Waals surface area contributed by atoms with E-state index in [9.17, 15) is 35.9 Å². The smallest absolute Gasteiger partial charge is 0.384 e. The number of carbonyl (C=O) groups excluding carboxylic acids is 2. The number of halogens is 7. The van der Waals surface area contributed by atoms with Gasteiger partial charge >= 0.3 is 12.4 Å². The quantitative estimate of drug-likeness (QED) is 0.260. The van der Waals surface area contributed by atoms with E-state index in [1.165, 1.54) is 0 Å². The van der Waals surface area contributed by atoms with Crippen LogP contribution in [0.4, 0.5) is 26.3 Å². The number of benzene rings is 2. The minimum Gasteiger partial charge on any atom is -0.384 e. The van der Waals surface area contributed by atoms with Crippen molar-refractivity contribution in [2.75, 3.05) is 13.7 Å². The highest BCUT2D eigenvalue weighted by molar-refractivity contribution is 9.12. The number of para-hydroxylation sites is 1. The third kappa shape index (κ3) is 4.43. The molecule has 200 valence electrons. The molecule has 2 aliphatic heterocycles. The normalized spacial score (nSPS) is 18.3. The average Bonchev–Trinajstić information content (AvgIpc) is 3.44. The first-order valence-corrected chi connectivity index (χ1v) is 12.2. The molecular formula is C26H19BrF6N2O3. The van der Waals surface area contributed by atoms with Crippen LogP contribution in [0.5, 0.6) is 0 Å². The molecule has 0 bridgehead atoms. The number of fused-ring (bicyclic) bond motifs is 3. The number of amides is 2. The third-order valence-corrected chi connectivity index (χ3v) is 7.49. The Hall–Kier alpha value is -3.12. The summed E-state index contributed by atoms with van der Waals surface area (Å²) in [4.78, 5) is 27.4. The number of alkyl halides is 6. The highest BCUT2D eigenvalue weighted by atomic mass is 79.9. The summed E-state index contributed by atoms with van der Waals surface area (Å²) >= 11 is 3.19. The van der Waals surface area contributed by atoms with E-state index < -0.39 is 47.4 Å². The Balaban J connectivity index is 1.56. The fraction of sp³-hybridized carbons (Fsp3) is 0.308. The van der Waals surface area contributed by atoms with Gasteiger partial charge in [0.1, 0.15) is 0 Å². The summed E-state index contributed by atoms with van der Waals surface area (Å²) in [5.74, 6) is -1.51. The van der Waals surface area contributed by atoms with Gasteiger partial charge in [-0.3, -0.25) is 14.5 Å². The number of carbonyl (C=O) groups is 2. The van der Waals surface area contributed by atoms with Crippen molar-refractivity contribution in [2.45, 2.75) is 31.9 Å². The zero-order chi connectivity index (χ0) is 27.6. The summed E-state index contributed by atoms with van der Waals surface area (Å²) in [6.45, 7) is 0.347. The van der Waals surface area contributed by atoms with Gasteiger partial charge in [-0.2, -0.15) is 26.3 Å². The van der Waals surface area contributed by atoms with E-state index in [1.54, 1.807) is 19.2 Å². The van der Waals surface area contributed by atoms with Crippen LogP contribution >= 0.6 is 15.9 Å². The van der Waals surface area contributed by atoms with Crippen LogP contribution < -0.4 is 0 Å². The molecule has 0 radical (unpaired) electrons. The molecule has 0 spiro atoms. The number of ether oxygens (including phenoxy) is 1. The number of nitrogens with zero attached hydrogens (tertiary/aromatic N) is 2. The van der Waals surface area contributed by atoms with E-state index in [0.717, 1.165) is 11.2 Å². The minimum atomic E-state index is -5.05. The molecule has 2 aromatic carbocycles. The Morgan fingerprint density at radius 2 is 1.61 bits per heavy atom. The lowest BCUT2D eigenvalue weighted by molar-refractivity contribution is -0.143. The van der Waals surface area contributed by atoms with Gasteiger partial charge in [-0.05, 0) is 52.2 Å². The highest BCUT2D eigenvalue weighted by Crippen LogP contribution is 2.44. The van der Waals surface area contributed by atoms with E-state index in [1.807, 2.05) is 16.7 Å². The van der Waals surface area contributed by atoms with Gasteiger partial charge in [0.25, 0.3) is 11.8 Å². The number of hydrogen-bond donors (Lipinski definition) is 0. The second kappa shape index (κ2) is 9.26. The number of hydrogen-bond acceptors (Lipinski definition) is 3.